The van der Waals surface area contributed by atoms with Gasteiger partial charge in [0.1, 0.15) is 30.3 Å². The van der Waals surface area contributed by atoms with Gasteiger partial charge in [-0.05, 0) is 42.7 Å². The SMILES string of the molecule is CS(=O)(=O)N[C@H](COc1ccc(C(=O)O)cc1)C(=O)N1CCC[C@H]1C(=O)NCc1ccc(C(=N)N)cc1. The van der Waals surface area contributed by atoms with Crippen molar-refractivity contribution in [1.82, 2.24) is 14.9 Å². The van der Waals surface area contributed by atoms with E-state index in [-0.39, 0.29) is 42.8 Å². The molecule has 3 rings (SSSR count). The maximum Gasteiger partial charge on any atom is 0.335 e. The molecule has 2 aromatic carbocycles. The number of hydrogen-bond acceptors (Lipinski definition) is 7. The number of rotatable bonds is 11. The first-order chi connectivity index (χ1) is 17.4. The van der Waals surface area contributed by atoms with Crippen LogP contribution in [0.15, 0.2) is 48.5 Å². The van der Waals surface area contributed by atoms with Crippen molar-refractivity contribution in [3.8, 4) is 5.75 Å². The molecule has 0 unspecified atom stereocenters. The van der Waals surface area contributed by atoms with Gasteiger partial charge < -0.3 is 25.8 Å². The van der Waals surface area contributed by atoms with Crippen LogP contribution in [0.2, 0.25) is 0 Å². The molecule has 6 N–H and O–H groups in total. The number of hydrogen-bond donors (Lipinski definition) is 5. The van der Waals surface area contributed by atoms with Crippen molar-refractivity contribution in [2.24, 2.45) is 5.73 Å². The number of nitrogens with zero attached hydrogens (tertiary/aromatic N) is 1. The highest BCUT2D eigenvalue weighted by molar-refractivity contribution is 7.88. The highest BCUT2D eigenvalue weighted by Crippen LogP contribution is 2.20. The van der Waals surface area contributed by atoms with Gasteiger partial charge in [0.2, 0.25) is 21.8 Å². The van der Waals surface area contributed by atoms with E-state index in [2.05, 4.69) is 10.0 Å². The Morgan fingerprint density at radius 3 is 2.32 bits per heavy atom. The molecule has 198 valence electrons. The number of carboxylic acids is 1. The molecule has 0 saturated carbocycles. The lowest BCUT2D eigenvalue weighted by Gasteiger charge is -2.28. The molecule has 12 nitrogen and oxygen atoms in total. The summed E-state index contributed by atoms with van der Waals surface area (Å²) in [7, 11) is -3.79. The highest BCUT2D eigenvalue weighted by Gasteiger charge is 2.38. The zero-order valence-electron chi connectivity index (χ0n) is 20.1. The molecule has 1 saturated heterocycles. The van der Waals surface area contributed by atoms with Crippen LogP contribution in [0.5, 0.6) is 5.75 Å². The molecular formula is C24H29N5O7S. The van der Waals surface area contributed by atoms with Crippen LogP contribution < -0.4 is 20.5 Å². The molecule has 0 radical (unpaired) electrons. The summed E-state index contributed by atoms with van der Waals surface area (Å²) in [6.45, 7) is 0.126. The van der Waals surface area contributed by atoms with E-state index >= 15 is 0 Å². The van der Waals surface area contributed by atoms with Crippen LogP contribution >= 0.6 is 0 Å². The lowest BCUT2D eigenvalue weighted by atomic mass is 10.1. The van der Waals surface area contributed by atoms with Gasteiger partial charge in [0.25, 0.3) is 0 Å². The van der Waals surface area contributed by atoms with E-state index in [1.807, 2.05) is 0 Å². The molecular weight excluding hydrogens is 502 g/mol. The van der Waals surface area contributed by atoms with Gasteiger partial charge in [-0.15, -0.1) is 0 Å². The summed E-state index contributed by atoms with van der Waals surface area (Å²) in [5, 5.41) is 19.2. The first-order valence-electron chi connectivity index (χ1n) is 11.4. The van der Waals surface area contributed by atoms with Gasteiger partial charge >= 0.3 is 5.97 Å². The zero-order chi connectivity index (χ0) is 27.2. The number of nitrogens with one attached hydrogen (secondary N) is 3. The Bertz CT molecular complexity index is 1260. The smallest absolute Gasteiger partial charge is 0.335 e. The Morgan fingerprint density at radius 2 is 1.76 bits per heavy atom. The van der Waals surface area contributed by atoms with Crippen LogP contribution in [0.3, 0.4) is 0 Å². The van der Waals surface area contributed by atoms with Gasteiger partial charge in [0.05, 0.1) is 11.8 Å². The number of amides is 2. The van der Waals surface area contributed by atoms with E-state index in [0.717, 1.165) is 11.8 Å². The first kappa shape index (κ1) is 27.6. The lowest BCUT2D eigenvalue weighted by Crippen LogP contribution is -2.55. The predicted molar refractivity (Wildman–Crippen MR) is 135 cm³/mol. The van der Waals surface area contributed by atoms with Gasteiger partial charge in [-0.3, -0.25) is 15.0 Å². The number of sulfonamides is 1. The van der Waals surface area contributed by atoms with E-state index in [4.69, 9.17) is 21.0 Å². The third-order valence-electron chi connectivity index (χ3n) is 5.74. The topological polar surface area (TPSA) is 192 Å². The quantitative estimate of drug-likeness (QED) is 0.201. The number of amidine groups is 1. The highest BCUT2D eigenvalue weighted by atomic mass is 32.2. The fourth-order valence-corrected chi connectivity index (χ4v) is 4.59. The summed E-state index contributed by atoms with van der Waals surface area (Å²) < 4.78 is 31.7. The van der Waals surface area contributed by atoms with Gasteiger partial charge in [-0.2, -0.15) is 4.72 Å². The lowest BCUT2D eigenvalue weighted by molar-refractivity contribution is -0.140. The number of ether oxygens (including phenoxy) is 1. The second-order valence-electron chi connectivity index (χ2n) is 8.60. The molecule has 1 fully saturated rings. The van der Waals surface area contributed by atoms with Crippen molar-refractivity contribution in [3.05, 3.63) is 65.2 Å². The number of likely N-dealkylation sites (tertiary alicyclic amines) is 1. The van der Waals surface area contributed by atoms with E-state index in [1.165, 1.54) is 29.2 Å². The number of carbonyl (C=O) groups is 3. The third-order valence-corrected chi connectivity index (χ3v) is 6.46. The van der Waals surface area contributed by atoms with Gasteiger partial charge in [-0.25, -0.2) is 13.2 Å². The normalized spacial score (nSPS) is 16.1. The molecule has 37 heavy (non-hydrogen) atoms. The number of nitrogens with two attached hydrogens (primary N) is 1. The number of carboxylic acid groups (broad SMARTS) is 1. The van der Waals surface area contributed by atoms with Gasteiger partial charge in [0, 0.05) is 18.7 Å². The molecule has 1 aliphatic rings. The van der Waals surface area contributed by atoms with Crippen molar-refractivity contribution in [1.29, 1.82) is 5.41 Å². The van der Waals surface area contributed by atoms with Crippen molar-refractivity contribution >= 4 is 33.6 Å². The molecule has 2 atom stereocenters. The number of nitrogen functional groups attached to an aromatic ring is 1. The van der Waals surface area contributed by atoms with Crippen LogP contribution in [0.25, 0.3) is 0 Å². The van der Waals surface area contributed by atoms with Crippen molar-refractivity contribution < 1.29 is 32.6 Å². The summed E-state index contributed by atoms with van der Waals surface area (Å²) >= 11 is 0. The molecule has 2 aromatic rings. The summed E-state index contributed by atoms with van der Waals surface area (Å²) in [4.78, 5) is 38.6. The molecule has 0 aliphatic carbocycles. The van der Waals surface area contributed by atoms with Crippen molar-refractivity contribution in [3.63, 3.8) is 0 Å². The monoisotopic (exact) mass is 531 g/mol. The van der Waals surface area contributed by atoms with E-state index in [9.17, 15) is 22.8 Å². The largest absolute Gasteiger partial charge is 0.491 e. The van der Waals surface area contributed by atoms with Crippen LogP contribution in [0.4, 0.5) is 0 Å². The number of aromatic carboxylic acids is 1. The fraction of sp³-hybridized carbons (Fsp3) is 0.333. The Labute approximate surface area is 214 Å². The van der Waals surface area contributed by atoms with Gasteiger partial charge in [0.15, 0.2) is 0 Å². The summed E-state index contributed by atoms with van der Waals surface area (Å²) in [5.74, 6) is -1.88. The minimum Gasteiger partial charge on any atom is -0.491 e. The van der Waals surface area contributed by atoms with Gasteiger partial charge in [-0.1, -0.05) is 24.3 Å². The standard InChI is InChI=1S/C24H29N5O7S/c1-37(34,35)28-19(14-36-18-10-8-17(9-11-18)24(32)33)23(31)29-12-2-3-20(29)22(30)27-13-15-4-6-16(7-5-15)21(25)26/h4-11,19-20,28H,2-3,12-14H2,1H3,(H3,25,26)(H,27,30)(H,32,33)/t19-,20+/m1/s1. The summed E-state index contributed by atoms with van der Waals surface area (Å²) in [6, 6.07) is 10.2. The average molecular weight is 532 g/mol. The Kier molecular flexibility index (Phi) is 8.84. The van der Waals surface area contributed by atoms with Crippen LogP contribution in [0, 0.1) is 5.41 Å². The van der Waals surface area contributed by atoms with Crippen molar-refractivity contribution in [2.45, 2.75) is 31.5 Å². The van der Waals surface area contributed by atoms with Crippen LogP contribution in [-0.4, -0.2) is 73.5 Å². The average Bonchev–Trinajstić information content (AvgIpc) is 3.34. The molecule has 0 bridgehead atoms. The molecule has 13 heteroatoms. The zero-order valence-corrected chi connectivity index (χ0v) is 21.0. The second-order valence-corrected chi connectivity index (χ2v) is 10.4. The van der Waals surface area contributed by atoms with Crippen LogP contribution in [0.1, 0.15) is 34.3 Å². The number of benzene rings is 2. The molecule has 0 aromatic heterocycles. The Morgan fingerprint density at radius 1 is 1.14 bits per heavy atom. The van der Waals surface area contributed by atoms with Crippen LogP contribution in [-0.2, 0) is 26.2 Å². The molecule has 0 spiro atoms. The predicted octanol–water partition coefficient (Wildman–Crippen LogP) is 0.273. The van der Waals surface area contributed by atoms with E-state index in [0.29, 0.717) is 18.4 Å². The third kappa shape index (κ3) is 7.75. The Balaban J connectivity index is 1.66. The molecule has 1 aliphatic heterocycles. The minimum atomic E-state index is -3.79. The minimum absolute atomic E-state index is 0.0509. The maximum absolute atomic E-state index is 13.3. The summed E-state index contributed by atoms with van der Waals surface area (Å²) in [5.41, 5.74) is 6.85. The molecule has 1 heterocycles. The second kappa shape index (κ2) is 11.8. The number of carbonyl (C=O) groups excluding carboxylic acids is 2. The fourth-order valence-electron chi connectivity index (χ4n) is 3.90. The first-order valence-corrected chi connectivity index (χ1v) is 13.3. The molecule has 2 amide bonds. The van der Waals surface area contributed by atoms with E-state index in [1.54, 1.807) is 24.3 Å². The van der Waals surface area contributed by atoms with E-state index < -0.39 is 34.0 Å². The van der Waals surface area contributed by atoms with Crippen molar-refractivity contribution in [2.75, 3.05) is 19.4 Å². The summed E-state index contributed by atoms with van der Waals surface area (Å²) in [6.07, 6.45) is 1.91. The maximum atomic E-state index is 13.3. The Hall–Kier alpha value is -3.97.